The van der Waals surface area contributed by atoms with Crippen molar-refractivity contribution in [3.05, 3.63) is 104 Å². The Kier molecular flexibility index (Phi) is 7.29. The number of nitrogens with zero attached hydrogens (tertiary/aromatic N) is 2. The molecule has 2 fully saturated rings. The van der Waals surface area contributed by atoms with Gasteiger partial charge in [-0.2, -0.15) is 0 Å². The standard InChI is InChI=1S/C26H16Cl2N4O2S2/c27-19-10-3-1-6-15(19)12-21-23(33)31-25(35-21)29-17-8-5-9-18(14-17)30-26-32-24(34)22(36-26)13-16-7-2-4-11-20(16)28/h1-14H,(H,29,31,33)(H,30,32,34)/b21-12+,22-13+. The van der Waals surface area contributed by atoms with Gasteiger partial charge in [-0.25, -0.2) is 9.98 Å². The van der Waals surface area contributed by atoms with Crippen LogP contribution in [-0.2, 0) is 9.59 Å². The van der Waals surface area contributed by atoms with E-state index in [1.165, 1.54) is 23.5 Å². The van der Waals surface area contributed by atoms with Crippen LogP contribution in [0.2, 0.25) is 10.0 Å². The highest BCUT2D eigenvalue weighted by Gasteiger charge is 2.25. The molecule has 2 aliphatic heterocycles. The Bertz CT molecular complexity index is 1410. The van der Waals surface area contributed by atoms with Crippen LogP contribution in [0.4, 0.5) is 11.4 Å². The summed E-state index contributed by atoms with van der Waals surface area (Å²) in [4.78, 5) is 34.9. The summed E-state index contributed by atoms with van der Waals surface area (Å²) < 4.78 is 0. The third-order valence-electron chi connectivity index (χ3n) is 4.98. The van der Waals surface area contributed by atoms with Crippen LogP contribution in [0, 0.1) is 0 Å². The Morgan fingerprint density at radius 2 is 1.08 bits per heavy atom. The van der Waals surface area contributed by atoms with Crippen molar-refractivity contribution in [1.29, 1.82) is 0 Å². The van der Waals surface area contributed by atoms with Crippen molar-refractivity contribution in [1.82, 2.24) is 10.6 Å². The van der Waals surface area contributed by atoms with E-state index in [0.29, 0.717) is 41.6 Å². The average molecular weight is 551 g/mol. The number of amides is 2. The molecule has 10 heteroatoms. The zero-order valence-electron chi connectivity index (χ0n) is 18.4. The molecule has 0 bridgehead atoms. The van der Waals surface area contributed by atoms with Gasteiger partial charge in [0.2, 0.25) is 0 Å². The predicted molar refractivity (Wildman–Crippen MR) is 151 cm³/mol. The number of carbonyl (C=O) groups excluding carboxylic acids is 2. The first kappa shape index (κ1) is 24.4. The van der Waals surface area contributed by atoms with Crippen molar-refractivity contribution >= 4 is 92.4 Å². The Hall–Kier alpha value is -3.30. The van der Waals surface area contributed by atoms with Gasteiger partial charge in [-0.05, 0) is 77.1 Å². The molecule has 5 rings (SSSR count). The first-order chi connectivity index (χ1) is 17.4. The molecule has 2 heterocycles. The van der Waals surface area contributed by atoms with Gasteiger partial charge in [0, 0.05) is 10.0 Å². The fraction of sp³-hybridized carbons (Fsp3) is 0. The Balaban J connectivity index is 1.33. The summed E-state index contributed by atoms with van der Waals surface area (Å²) in [6.45, 7) is 0. The van der Waals surface area contributed by atoms with Crippen molar-refractivity contribution in [2.75, 3.05) is 0 Å². The van der Waals surface area contributed by atoms with Gasteiger partial charge in [-0.3, -0.25) is 9.59 Å². The number of nitrogens with one attached hydrogen (secondary N) is 2. The average Bonchev–Trinajstić information content (AvgIpc) is 3.37. The van der Waals surface area contributed by atoms with Crippen molar-refractivity contribution in [3.63, 3.8) is 0 Å². The summed E-state index contributed by atoms with van der Waals surface area (Å²) in [6, 6.07) is 21.8. The SMILES string of the molecule is O=C1NC(=Nc2cccc(N=C3NC(=O)/C(=C\c4ccccc4Cl)S3)c2)S/C1=C/c1ccccc1Cl. The number of benzene rings is 3. The molecule has 0 spiro atoms. The van der Waals surface area contributed by atoms with E-state index in [4.69, 9.17) is 23.2 Å². The molecule has 0 radical (unpaired) electrons. The van der Waals surface area contributed by atoms with E-state index < -0.39 is 0 Å². The van der Waals surface area contributed by atoms with E-state index >= 15 is 0 Å². The maximum absolute atomic E-state index is 12.4. The first-order valence-electron chi connectivity index (χ1n) is 10.6. The minimum atomic E-state index is -0.238. The van der Waals surface area contributed by atoms with Crippen LogP contribution in [0.1, 0.15) is 11.1 Å². The number of rotatable bonds is 4. The summed E-state index contributed by atoms with van der Waals surface area (Å²) in [5.41, 5.74) is 2.74. The van der Waals surface area contributed by atoms with Crippen LogP contribution in [0.25, 0.3) is 12.2 Å². The summed E-state index contributed by atoms with van der Waals surface area (Å²) in [7, 11) is 0. The van der Waals surface area contributed by atoms with Crippen LogP contribution in [0.15, 0.2) is 92.6 Å². The molecule has 0 aromatic heterocycles. The highest BCUT2D eigenvalue weighted by Crippen LogP contribution is 2.32. The lowest BCUT2D eigenvalue weighted by Crippen LogP contribution is -2.19. The largest absolute Gasteiger partial charge is 0.300 e. The van der Waals surface area contributed by atoms with Gasteiger partial charge in [-0.1, -0.05) is 65.7 Å². The van der Waals surface area contributed by atoms with Gasteiger partial charge < -0.3 is 10.6 Å². The second-order valence-corrected chi connectivity index (χ2v) is 10.4. The third-order valence-corrected chi connectivity index (χ3v) is 7.48. The number of hydrogen-bond acceptors (Lipinski definition) is 6. The van der Waals surface area contributed by atoms with Crippen LogP contribution in [0.3, 0.4) is 0 Å². The van der Waals surface area contributed by atoms with Gasteiger partial charge in [0.1, 0.15) is 0 Å². The van der Waals surface area contributed by atoms with Crippen molar-refractivity contribution in [2.45, 2.75) is 0 Å². The highest BCUT2D eigenvalue weighted by molar-refractivity contribution is 8.19. The summed E-state index contributed by atoms with van der Waals surface area (Å²) in [6.07, 6.45) is 3.47. The number of carbonyl (C=O) groups is 2. The summed E-state index contributed by atoms with van der Waals surface area (Å²) >= 11 is 14.9. The van der Waals surface area contributed by atoms with E-state index in [-0.39, 0.29) is 11.8 Å². The third kappa shape index (κ3) is 5.74. The van der Waals surface area contributed by atoms with E-state index in [9.17, 15) is 9.59 Å². The van der Waals surface area contributed by atoms with Gasteiger partial charge in [-0.15, -0.1) is 0 Å². The highest BCUT2D eigenvalue weighted by atomic mass is 35.5. The van der Waals surface area contributed by atoms with Crippen molar-refractivity contribution < 1.29 is 9.59 Å². The molecule has 6 nitrogen and oxygen atoms in total. The summed E-state index contributed by atoms with van der Waals surface area (Å²) in [5, 5.41) is 7.59. The fourth-order valence-electron chi connectivity index (χ4n) is 3.29. The van der Waals surface area contributed by atoms with Crippen LogP contribution in [-0.4, -0.2) is 22.1 Å². The number of aliphatic imine (C=N–C) groups is 2. The molecule has 2 saturated heterocycles. The topological polar surface area (TPSA) is 82.9 Å². The smallest absolute Gasteiger partial charge is 0.264 e. The maximum Gasteiger partial charge on any atom is 0.264 e. The molecule has 178 valence electrons. The second kappa shape index (κ2) is 10.8. The normalized spacial score (nSPS) is 19.9. The van der Waals surface area contributed by atoms with E-state index in [1.807, 2.05) is 54.6 Å². The van der Waals surface area contributed by atoms with Gasteiger partial charge in [0.15, 0.2) is 10.3 Å². The molecule has 3 aromatic carbocycles. The van der Waals surface area contributed by atoms with Crippen LogP contribution >= 0.6 is 46.7 Å². The Morgan fingerprint density at radius 1 is 0.639 bits per heavy atom. The molecule has 2 aliphatic rings. The number of amidine groups is 2. The zero-order chi connectivity index (χ0) is 25.1. The lowest BCUT2D eigenvalue weighted by atomic mass is 10.2. The molecule has 0 saturated carbocycles. The first-order valence-corrected chi connectivity index (χ1v) is 13.0. The molecule has 0 unspecified atom stereocenters. The predicted octanol–water partition coefficient (Wildman–Crippen LogP) is 6.78. The maximum atomic E-state index is 12.4. The molecule has 2 N–H and O–H groups in total. The molecule has 0 aliphatic carbocycles. The van der Waals surface area contributed by atoms with E-state index in [2.05, 4.69) is 20.6 Å². The van der Waals surface area contributed by atoms with Crippen molar-refractivity contribution in [3.8, 4) is 0 Å². The molecule has 36 heavy (non-hydrogen) atoms. The van der Waals surface area contributed by atoms with Crippen LogP contribution < -0.4 is 10.6 Å². The minimum absolute atomic E-state index is 0.238. The monoisotopic (exact) mass is 550 g/mol. The van der Waals surface area contributed by atoms with Gasteiger partial charge >= 0.3 is 0 Å². The van der Waals surface area contributed by atoms with E-state index in [1.54, 1.807) is 30.4 Å². The second-order valence-electron chi connectivity index (χ2n) is 7.53. The Labute approximate surface area is 225 Å². The summed E-state index contributed by atoms with van der Waals surface area (Å²) in [5.74, 6) is -0.476. The lowest BCUT2D eigenvalue weighted by Gasteiger charge is -2.00. The lowest BCUT2D eigenvalue weighted by molar-refractivity contribution is -0.116. The Morgan fingerprint density at radius 3 is 1.53 bits per heavy atom. The molecule has 3 aromatic rings. The molecule has 0 atom stereocenters. The van der Waals surface area contributed by atoms with Crippen molar-refractivity contribution in [2.24, 2.45) is 9.98 Å². The molecule has 2 amide bonds. The number of thioether (sulfide) groups is 2. The van der Waals surface area contributed by atoms with Gasteiger partial charge in [0.25, 0.3) is 11.8 Å². The quantitative estimate of drug-likeness (QED) is 0.351. The zero-order valence-corrected chi connectivity index (χ0v) is 21.5. The van der Waals surface area contributed by atoms with Crippen LogP contribution in [0.5, 0.6) is 0 Å². The molecular weight excluding hydrogens is 535 g/mol. The van der Waals surface area contributed by atoms with Gasteiger partial charge in [0.05, 0.1) is 21.2 Å². The number of hydrogen-bond donors (Lipinski definition) is 2. The fourth-order valence-corrected chi connectivity index (χ4v) is 5.34. The molecular formula is C26H16Cl2N4O2S2. The number of halogens is 2. The van der Waals surface area contributed by atoms with E-state index in [0.717, 1.165) is 11.1 Å². The minimum Gasteiger partial charge on any atom is -0.300 e.